The molecule has 2 aromatic heterocycles. The Morgan fingerprint density at radius 3 is 2.45 bits per heavy atom. The van der Waals surface area contributed by atoms with Crippen LogP contribution in [0.15, 0.2) is 40.8 Å². The summed E-state index contributed by atoms with van der Waals surface area (Å²) < 4.78 is 5.75. The number of aromatic nitrogens is 2. The number of hydrogen-bond acceptors (Lipinski definition) is 6. The molecular weight excluding hydrogens is 366 g/mol. The van der Waals surface area contributed by atoms with Crippen molar-refractivity contribution in [2.24, 2.45) is 0 Å². The summed E-state index contributed by atoms with van der Waals surface area (Å²) in [6.07, 6.45) is 2.41. The molecule has 0 bridgehead atoms. The van der Waals surface area contributed by atoms with E-state index in [2.05, 4.69) is 14.8 Å². The maximum atomic E-state index is 12.9. The Labute approximate surface area is 169 Å². The third-order valence-corrected chi connectivity index (χ3v) is 5.74. The Balaban J connectivity index is 1.28. The quantitative estimate of drug-likeness (QED) is 0.684. The van der Waals surface area contributed by atoms with Crippen LogP contribution in [0.2, 0.25) is 0 Å². The number of fused-ring (bicyclic) bond motifs is 1. The SMILES string of the molecule is Cc1cc(N2CCN(C(=O)c3cc4ccccc4o3)CC2)nc(N2CCCC2)n1. The van der Waals surface area contributed by atoms with Crippen LogP contribution in [-0.4, -0.2) is 60.0 Å². The number of anilines is 2. The van der Waals surface area contributed by atoms with Gasteiger partial charge < -0.3 is 19.1 Å². The van der Waals surface area contributed by atoms with Gasteiger partial charge in [0.25, 0.3) is 5.91 Å². The smallest absolute Gasteiger partial charge is 0.289 e. The fourth-order valence-electron chi connectivity index (χ4n) is 4.14. The summed E-state index contributed by atoms with van der Waals surface area (Å²) in [7, 11) is 0. The lowest BCUT2D eigenvalue weighted by molar-refractivity contribution is 0.0717. The molecule has 7 heteroatoms. The molecule has 2 fully saturated rings. The van der Waals surface area contributed by atoms with Gasteiger partial charge >= 0.3 is 0 Å². The topological polar surface area (TPSA) is 65.7 Å². The van der Waals surface area contributed by atoms with E-state index in [9.17, 15) is 4.79 Å². The second kappa shape index (κ2) is 7.39. The lowest BCUT2D eigenvalue weighted by atomic mass is 10.2. The van der Waals surface area contributed by atoms with E-state index in [1.165, 1.54) is 12.8 Å². The van der Waals surface area contributed by atoms with Gasteiger partial charge in [0, 0.05) is 56.4 Å². The number of benzene rings is 1. The molecule has 1 amide bonds. The zero-order valence-corrected chi connectivity index (χ0v) is 16.7. The van der Waals surface area contributed by atoms with Crippen LogP contribution in [-0.2, 0) is 0 Å². The van der Waals surface area contributed by atoms with Crippen molar-refractivity contribution in [2.75, 3.05) is 49.1 Å². The van der Waals surface area contributed by atoms with Gasteiger partial charge in [-0.15, -0.1) is 0 Å². The minimum atomic E-state index is -0.0440. The van der Waals surface area contributed by atoms with Crippen molar-refractivity contribution in [3.05, 3.63) is 47.9 Å². The predicted molar refractivity (Wildman–Crippen MR) is 113 cm³/mol. The lowest BCUT2D eigenvalue weighted by Crippen LogP contribution is -2.49. The summed E-state index contributed by atoms with van der Waals surface area (Å²) in [4.78, 5) is 28.7. The number of rotatable bonds is 3. The molecule has 0 radical (unpaired) electrons. The Kier molecular flexibility index (Phi) is 4.58. The van der Waals surface area contributed by atoms with Crippen LogP contribution in [0.4, 0.5) is 11.8 Å². The van der Waals surface area contributed by atoms with Crippen molar-refractivity contribution in [2.45, 2.75) is 19.8 Å². The van der Waals surface area contributed by atoms with E-state index in [-0.39, 0.29) is 5.91 Å². The number of para-hydroxylation sites is 1. The molecule has 2 aliphatic rings. The lowest BCUT2D eigenvalue weighted by Gasteiger charge is -2.35. The summed E-state index contributed by atoms with van der Waals surface area (Å²) in [6, 6.07) is 11.6. The third kappa shape index (κ3) is 3.52. The molecule has 1 aromatic carbocycles. The first-order valence-electron chi connectivity index (χ1n) is 10.3. The molecule has 0 saturated carbocycles. The van der Waals surface area contributed by atoms with Crippen LogP contribution in [0, 0.1) is 6.92 Å². The fraction of sp³-hybridized carbons (Fsp3) is 0.409. The van der Waals surface area contributed by atoms with Crippen molar-refractivity contribution >= 4 is 28.6 Å². The van der Waals surface area contributed by atoms with Crippen LogP contribution in [0.1, 0.15) is 29.1 Å². The van der Waals surface area contributed by atoms with E-state index in [0.717, 1.165) is 54.6 Å². The van der Waals surface area contributed by atoms with Crippen LogP contribution >= 0.6 is 0 Å². The van der Waals surface area contributed by atoms with Crippen molar-refractivity contribution in [3.8, 4) is 0 Å². The standard InChI is InChI=1S/C22H25N5O2/c1-16-14-20(24-22(23-16)27-8-4-5-9-27)25-10-12-26(13-11-25)21(28)19-15-17-6-2-3-7-18(17)29-19/h2-3,6-7,14-15H,4-5,8-13H2,1H3. The van der Waals surface area contributed by atoms with Crippen LogP contribution in [0.3, 0.4) is 0 Å². The van der Waals surface area contributed by atoms with Gasteiger partial charge in [-0.2, -0.15) is 4.98 Å². The second-order valence-corrected chi connectivity index (χ2v) is 7.79. The van der Waals surface area contributed by atoms with Crippen LogP contribution in [0.5, 0.6) is 0 Å². The molecule has 0 spiro atoms. The highest BCUT2D eigenvalue weighted by atomic mass is 16.3. The molecule has 2 saturated heterocycles. The predicted octanol–water partition coefficient (Wildman–Crippen LogP) is 3.09. The molecule has 3 aromatic rings. The number of amides is 1. The van der Waals surface area contributed by atoms with E-state index in [1.54, 1.807) is 0 Å². The summed E-state index contributed by atoms with van der Waals surface area (Å²) in [5.74, 6) is 2.15. The summed E-state index contributed by atoms with van der Waals surface area (Å²) in [5.41, 5.74) is 1.73. The highest BCUT2D eigenvalue weighted by Crippen LogP contribution is 2.23. The van der Waals surface area contributed by atoms with Gasteiger partial charge in [0.1, 0.15) is 11.4 Å². The molecule has 0 N–H and O–H groups in total. The van der Waals surface area contributed by atoms with E-state index < -0.39 is 0 Å². The zero-order valence-electron chi connectivity index (χ0n) is 16.7. The molecule has 29 heavy (non-hydrogen) atoms. The van der Waals surface area contributed by atoms with Gasteiger partial charge in [-0.25, -0.2) is 4.98 Å². The maximum absolute atomic E-state index is 12.9. The van der Waals surface area contributed by atoms with Gasteiger partial charge in [0.2, 0.25) is 5.95 Å². The van der Waals surface area contributed by atoms with E-state index in [1.807, 2.05) is 48.2 Å². The first kappa shape index (κ1) is 18.0. The normalized spacial score (nSPS) is 17.3. The first-order chi connectivity index (χ1) is 14.2. The molecule has 2 aliphatic heterocycles. The average molecular weight is 391 g/mol. The third-order valence-electron chi connectivity index (χ3n) is 5.74. The van der Waals surface area contributed by atoms with Crippen molar-refractivity contribution in [1.82, 2.24) is 14.9 Å². The van der Waals surface area contributed by atoms with Crippen LogP contribution in [0.25, 0.3) is 11.0 Å². The number of carbonyl (C=O) groups is 1. The molecule has 0 atom stereocenters. The van der Waals surface area contributed by atoms with Crippen molar-refractivity contribution < 1.29 is 9.21 Å². The molecule has 0 unspecified atom stereocenters. The number of nitrogens with zero attached hydrogens (tertiary/aromatic N) is 5. The van der Waals surface area contributed by atoms with Crippen molar-refractivity contribution in [3.63, 3.8) is 0 Å². The number of furan rings is 1. The van der Waals surface area contributed by atoms with Gasteiger partial charge in [0.15, 0.2) is 5.76 Å². The average Bonchev–Trinajstić information content (AvgIpc) is 3.43. The summed E-state index contributed by atoms with van der Waals surface area (Å²) in [6.45, 7) is 6.89. The van der Waals surface area contributed by atoms with Gasteiger partial charge in [0.05, 0.1) is 0 Å². The number of aryl methyl sites for hydroxylation is 1. The molecule has 7 nitrogen and oxygen atoms in total. The Hall–Kier alpha value is -3.09. The summed E-state index contributed by atoms with van der Waals surface area (Å²) >= 11 is 0. The van der Waals surface area contributed by atoms with Crippen molar-refractivity contribution in [1.29, 1.82) is 0 Å². The monoisotopic (exact) mass is 391 g/mol. The molecule has 5 rings (SSSR count). The Bertz CT molecular complexity index is 1000. The summed E-state index contributed by atoms with van der Waals surface area (Å²) in [5, 5.41) is 0.959. The Morgan fingerprint density at radius 2 is 1.69 bits per heavy atom. The first-order valence-corrected chi connectivity index (χ1v) is 10.3. The fourth-order valence-corrected chi connectivity index (χ4v) is 4.14. The highest BCUT2D eigenvalue weighted by Gasteiger charge is 2.26. The van der Waals surface area contributed by atoms with Gasteiger partial charge in [-0.3, -0.25) is 4.79 Å². The van der Waals surface area contributed by atoms with E-state index in [4.69, 9.17) is 9.40 Å². The minimum Gasteiger partial charge on any atom is -0.451 e. The van der Waals surface area contributed by atoms with Crippen LogP contribution < -0.4 is 9.80 Å². The Morgan fingerprint density at radius 1 is 0.931 bits per heavy atom. The van der Waals surface area contributed by atoms with Gasteiger partial charge in [-0.1, -0.05) is 18.2 Å². The number of carbonyl (C=O) groups excluding carboxylic acids is 1. The minimum absolute atomic E-state index is 0.0440. The van der Waals surface area contributed by atoms with E-state index in [0.29, 0.717) is 18.8 Å². The van der Waals surface area contributed by atoms with Gasteiger partial charge in [-0.05, 0) is 31.9 Å². The highest BCUT2D eigenvalue weighted by molar-refractivity contribution is 5.96. The molecular formula is C22H25N5O2. The number of hydrogen-bond donors (Lipinski definition) is 0. The van der Waals surface area contributed by atoms with E-state index >= 15 is 0 Å². The largest absolute Gasteiger partial charge is 0.451 e. The molecule has 150 valence electrons. The molecule has 4 heterocycles. The maximum Gasteiger partial charge on any atom is 0.289 e. The number of piperazine rings is 1. The molecule has 0 aliphatic carbocycles. The zero-order chi connectivity index (χ0) is 19.8. The second-order valence-electron chi connectivity index (χ2n) is 7.79.